The van der Waals surface area contributed by atoms with Crippen molar-refractivity contribution < 1.29 is 27.5 Å². The molecule has 0 fully saturated rings. The van der Waals surface area contributed by atoms with Gasteiger partial charge < -0.3 is 10.6 Å². The summed E-state index contributed by atoms with van der Waals surface area (Å²) in [7, 11) is -4.65. The van der Waals surface area contributed by atoms with Gasteiger partial charge in [0.15, 0.2) is 6.04 Å². The molecule has 3 amide bonds. The molecule has 1 aromatic heterocycles. The summed E-state index contributed by atoms with van der Waals surface area (Å²) in [6.07, 6.45) is 0. The van der Waals surface area contributed by atoms with E-state index >= 15 is 0 Å². The van der Waals surface area contributed by atoms with Crippen molar-refractivity contribution in [3.8, 4) is 0 Å². The van der Waals surface area contributed by atoms with Crippen molar-refractivity contribution in [2.75, 3.05) is 21.0 Å². The van der Waals surface area contributed by atoms with Crippen LogP contribution >= 0.6 is 34.8 Å². The maximum absolute atomic E-state index is 13.1. The molecule has 5 rings (SSSR count). The zero-order valence-electron chi connectivity index (χ0n) is 23.9. The number of aromatic nitrogens is 3. The van der Waals surface area contributed by atoms with Gasteiger partial charge in [0.1, 0.15) is 4.90 Å². The number of hydrogen-bond donors (Lipinski definition) is 4. The number of nitro benzene ring substituents is 1. The lowest BCUT2D eigenvalue weighted by atomic mass is 10.2. The van der Waals surface area contributed by atoms with Crippen LogP contribution in [0.4, 0.5) is 45.1 Å². The van der Waals surface area contributed by atoms with E-state index < -0.39 is 37.9 Å². The number of rotatable bonds is 9. The Morgan fingerprint density at radius 3 is 2.25 bits per heavy atom. The maximum atomic E-state index is 13.1. The van der Waals surface area contributed by atoms with Crippen LogP contribution in [-0.2, 0) is 14.9 Å². The second kappa shape index (κ2) is 13.8. The highest BCUT2D eigenvalue weighted by molar-refractivity contribution is 7.86. The van der Waals surface area contributed by atoms with Gasteiger partial charge in [0.05, 0.1) is 32.1 Å². The normalized spacial score (nSPS) is 14.6. The third kappa shape index (κ3) is 7.96. The lowest BCUT2D eigenvalue weighted by Gasteiger charge is -2.15. The SMILES string of the molecule is CC1=NN(c2cc(Cl)c(S(=O)(=O)O)cc2Cl)C(=O)C1N=Nc1ccc(Nc2nc(Cl)nc(NC(=O)Nc3ccc([N+](=O)[O-])cc3)n2)cc1. The Morgan fingerprint density at radius 1 is 0.958 bits per heavy atom. The van der Waals surface area contributed by atoms with E-state index in [-0.39, 0.29) is 50.0 Å². The molecule has 0 aliphatic carbocycles. The fourth-order valence-electron chi connectivity index (χ4n) is 4.00. The number of nitrogens with one attached hydrogen (secondary N) is 3. The summed E-state index contributed by atoms with van der Waals surface area (Å²) in [4.78, 5) is 47.0. The molecule has 1 aliphatic heterocycles. The van der Waals surface area contributed by atoms with E-state index in [4.69, 9.17) is 34.8 Å². The van der Waals surface area contributed by atoms with Gasteiger partial charge in [-0.15, -0.1) is 0 Å². The monoisotopic (exact) mass is 733 g/mol. The first-order valence-corrected chi connectivity index (χ1v) is 15.6. The average molecular weight is 735 g/mol. The Balaban J connectivity index is 1.22. The van der Waals surface area contributed by atoms with E-state index in [1.165, 1.54) is 24.3 Å². The molecule has 0 spiro atoms. The maximum Gasteiger partial charge on any atom is 0.326 e. The fraction of sp³-hybridized carbons (Fsp3) is 0.0769. The summed E-state index contributed by atoms with van der Waals surface area (Å²) >= 11 is 18.1. The number of benzene rings is 3. The van der Waals surface area contributed by atoms with Gasteiger partial charge in [-0.1, -0.05) is 23.2 Å². The lowest BCUT2D eigenvalue weighted by molar-refractivity contribution is -0.384. The predicted molar refractivity (Wildman–Crippen MR) is 175 cm³/mol. The number of halogens is 3. The van der Waals surface area contributed by atoms with Crippen LogP contribution in [0.5, 0.6) is 0 Å². The molecular formula is C26H18Cl3N11O7S. The molecule has 4 aromatic rings. The molecule has 1 atom stereocenters. The predicted octanol–water partition coefficient (Wildman–Crippen LogP) is 6.25. The van der Waals surface area contributed by atoms with Crippen LogP contribution in [0.1, 0.15) is 6.92 Å². The van der Waals surface area contributed by atoms with E-state index in [9.17, 15) is 32.7 Å². The molecule has 0 saturated carbocycles. The van der Waals surface area contributed by atoms with E-state index in [0.29, 0.717) is 11.4 Å². The Labute approximate surface area is 284 Å². The van der Waals surface area contributed by atoms with Gasteiger partial charge >= 0.3 is 6.03 Å². The quantitative estimate of drug-likeness (QED) is 0.0647. The number of nitrogens with zero attached hydrogens (tertiary/aromatic N) is 8. The fourth-order valence-corrected chi connectivity index (χ4v) is 5.49. The summed E-state index contributed by atoms with van der Waals surface area (Å²) in [6, 6.07) is 11.6. The third-order valence-corrected chi connectivity index (χ3v) is 7.98. The number of amides is 3. The van der Waals surface area contributed by atoms with E-state index in [2.05, 4.69) is 46.2 Å². The van der Waals surface area contributed by atoms with Crippen LogP contribution in [0.3, 0.4) is 0 Å². The Kier molecular flexibility index (Phi) is 9.77. The minimum Gasteiger partial charge on any atom is -0.324 e. The van der Waals surface area contributed by atoms with Gasteiger partial charge in [0.2, 0.25) is 17.2 Å². The van der Waals surface area contributed by atoms with Gasteiger partial charge in [-0.3, -0.25) is 24.8 Å². The van der Waals surface area contributed by atoms with Crippen molar-refractivity contribution in [3.63, 3.8) is 0 Å². The van der Waals surface area contributed by atoms with E-state index in [1.54, 1.807) is 31.2 Å². The van der Waals surface area contributed by atoms with Gasteiger partial charge in [-0.05, 0) is 67.1 Å². The summed E-state index contributed by atoms with van der Waals surface area (Å²) in [6.45, 7) is 1.54. The number of hydrazone groups is 1. The molecule has 3 aromatic carbocycles. The second-order valence-electron chi connectivity index (χ2n) is 9.53. The van der Waals surface area contributed by atoms with Crippen molar-refractivity contribution in [2.45, 2.75) is 17.9 Å². The number of anilines is 5. The van der Waals surface area contributed by atoms with Crippen molar-refractivity contribution in [2.24, 2.45) is 15.3 Å². The largest absolute Gasteiger partial charge is 0.326 e. The topological polar surface area (TPSA) is 247 Å². The number of carbonyl (C=O) groups excluding carboxylic acids is 2. The highest BCUT2D eigenvalue weighted by atomic mass is 35.5. The molecule has 0 saturated heterocycles. The molecule has 1 unspecified atom stereocenters. The summed E-state index contributed by atoms with van der Waals surface area (Å²) in [5.74, 6) is -0.834. The standard InChI is InChI=1S/C26H18Cl3N11O7S/c1-12-21(22(41)39(38-12)19-10-18(28)20(11-17(19)27)48(45,46)47)37-36-15-4-2-13(3-5-15)30-24-32-23(29)33-25(34-24)35-26(42)31-14-6-8-16(9-7-14)40(43)44/h2-11,21H,1H3,(H,45,46,47)(H3,30,31,32,33,34,35,42). The molecule has 2 heterocycles. The van der Waals surface area contributed by atoms with Gasteiger partial charge in [-0.25, -0.2) is 4.79 Å². The van der Waals surface area contributed by atoms with Crippen LogP contribution in [0.2, 0.25) is 15.3 Å². The van der Waals surface area contributed by atoms with Crippen LogP contribution in [0.25, 0.3) is 0 Å². The van der Waals surface area contributed by atoms with Gasteiger partial charge in [0.25, 0.3) is 21.7 Å². The van der Waals surface area contributed by atoms with Crippen molar-refractivity contribution in [3.05, 3.63) is 86.1 Å². The smallest absolute Gasteiger partial charge is 0.324 e. The zero-order valence-corrected chi connectivity index (χ0v) is 27.0. The van der Waals surface area contributed by atoms with Crippen LogP contribution < -0.4 is 21.0 Å². The van der Waals surface area contributed by atoms with Gasteiger partial charge in [-0.2, -0.15) is 43.7 Å². The molecule has 0 radical (unpaired) electrons. The van der Waals surface area contributed by atoms with Crippen LogP contribution in [0, 0.1) is 10.1 Å². The van der Waals surface area contributed by atoms with Crippen molar-refractivity contribution in [1.82, 2.24) is 15.0 Å². The number of hydrogen-bond acceptors (Lipinski definition) is 13. The molecule has 4 N–H and O–H groups in total. The molecule has 18 nitrogen and oxygen atoms in total. The Bertz CT molecular complexity index is 2120. The minimum absolute atomic E-state index is 0.0122. The number of azo groups is 1. The summed E-state index contributed by atoms with van der Waals surface area (Å²) in [5, 5.41) is 31.0. The Hall–Kier alpha value is -5.34. The van der Waals surface area contributed by atoms with E-state index in [1.807, 2.05) is 0 Å². The van der Waals surface area contributed by atoms with Crippen molar-refractivity contribution >= 4 is 103 Å². The molecule has 48 heavy (non-hydrogen) atoms. The number of nitro groups is 1. The number of carbonyl (C=O) groups is 2. The van der Waals surface area contributed by atoms with Crippen LogP contribution in [0.15, 0.2) is 80.9 Å². The average Bonchev–Trinajstić information content (AvgIpc) is 3.29. The molecule has 1 aliphatic rings. The first-order chi connectivity index (χ1) is 22.7. The highest BCUT2D eigenvalue weighted by Gasteiger charge is 2.36. The summed E-state index contributed by atoms with van der Waals surface area (Å²) in [5.41, 5.74) is 1.24. The first-order valence-electron chi connectivity index (χ1n) is 13.1. The molecule has 22 heteroatoms. The second-order valence-corrected chi connectivity index (χ2v) is 12.1. The minimum atomic E-state index is -4.65. The molecule has 0 bridgehead atoms. The first kappa shape index (κ1) is 34.0. The van der Waals surface area contributed by atoms with Crippen molar-refractivity contribution in [1.29, 1.82) is 0 Å². The Morgan fingerprint density at radius 2 is 1.60 bits per heavy atom. The number of urea groups is 1. The van der Waals surface area contributed by atoms with Gasteiger partial charge in [0, 0.05) is 23.5 Å². The molecular weight excluding hydrogens is 717 g/mol. The highest BCUT2D eigenvalue weighted by Crippen LogP contribution is 2.36. The summed E-state index contributed by atoms with van der Waals surface area (Å²) < 4.78 is 32.3. The zero-order chi connectivity index (χ0) is 34.7. The third-order valence-electron chi connectivity index (χ3n) is 6.19. The lowest BCUT2D eigenvalue weighted by Crippen LogP contribution is -2.30. The van der Waals surface area contributed by atoms with E-state index in [0.717, 1.165) is 17.1 Å². The number of non-ortho nitro benzene ring substituents is 1. The molecule has 246 valence electrons. The van der Waals surface area contributed by atoms with Crippen LogP contribution in [-0.4, -0.2) is 56.5 Å².